The van der Waals surface area contributed by atoms with E-state index in [1.165, 1.54) is 38.5 Å². The Labute approximate surface area is 112 Å². The molecule has 0 aromatic carbocycles. The third kappa shape index (κ3) is 4.52. The summed E-state index contributed by atoms with van der Waals surface area (Å²) in [7, 11) is 0. The summed E-state index contributed by atoms with van der Waals surface area (Å²) in [4.78, 5) is 0. The van der Waals surface area contributed by atoms with Crippen molar-refractivity contribution in [3.05, 3.63) is 0 Å². The number of rotatable bonds is 8. The van der Waals surface area contributed by atoms with Gasteiger partial charge in [-0.3, -0.25) is 0 Å². The maximum atomic E-state index is 5.97. The molecule has 106 valence electrons. The van der Waals surface area contributed by atoms with Crippen LogP contribution in [0.15, 0.2) is 0 Å². The van der Waals surface area contributed by atoms with Gasteiger partial charge in [-0.1, -0.05) is 19.8 Å². The fourth-order valence-corrected chi connectivity index (χ4v) is 3.10. The van der Waals surface area contributed by atoms with Gasteiger partial charge in [0.1, 0.15) is 0 Å². The van der Waals surface area contributed by atoms with Crippen LogP contribution < -0.4 is 5.32 Å². The zero-order valence-electron chi connectivity index (χ0n) is 11.8. The number of ether oxygens (including phenoxy) is 2. The number of hydrogen-bond donors (Lipinski definition) is 1. The second kappa shape index (κ2) is 8.13. The highest BCUT2D eigenvalue weighted by Crippen LogP contribution is 2.25. The Bertz CT molecular complexity index is 211. The van der Waals surface area contributed by atoms with Crippen molar-refractivity contribution in [2.24, 2.45) is 11.8 Å². The smallest absolute Gasteiger partial charge is 0.0623 e. The van der Waals surface area contributed by atoms with E-state index in [2.05, 4.69) is 12.2 Å². The molecule has 1 aliphatic heterocycles. The Morgan fingerprint density at radius 1 is 1.28 bits per heavy atom. The molecule has 2 unspecified atom stereocenters. The lowest BCUT2D eigenvalue weighted by Crippen LogP contribution is -2.41. The topological polar surface area (TPSA) is 30.5 Å². The highest BCUT2D eigenvalue weighted by Gasteiger charge is 2.25. The van der Waals surface area contributed by atoms with Gasteiger partial charge < -0.3 is 14.8 Å². The number of hydrogen-bond acceptors (Lipinski definition) is 3. The van der Waals surface area contributed by atoms with Gasteiger partial charge >= 0.3 is 0 Å². The predicted molar refractivity (Wildman–Crippen MR) is 73.8 cm³/mol. The van der Waals surface area contributed by atoms with Crippen LogP contribution >= 0.6 is 0 Å². The molecule has 2 atom stereocenters. The molecule has 0 aromatic heterocycles. The summed E-state index contributed by atoms with van der Waals surface area (Å²) >= 11 is 0. The van der Waals surface area contributed by atoms with Crippen LogP contribution in [0.1, 0.15) is 45.4 Å². The molecular formula is C15H29NO2. The van der Waals surface area contributed by atoms with Gasteiger partial charge in [-0.25, -0.2) is 0 Å². The molecular weight excluding hydrogens is 226 g/mol. The second-order valence-corrected chi connectivity index (χ2v) is 5.87. The third-order valence-corrected chi connectivity index (χ3v) is 4.32. The Morgan fingerprint density at radius 2 is 2.11 bits per heavy atom. The molecule has 0 aromatic rings. The molecule has 1 N–H and O–H groups in total. The van der Waals surface area contributed by atoms with E-state index in [1.807, 2.05) is 0 Å². The van der Waals surface area contributed by atoms with E-state index in [-0.39, 0.29) is 0 Å². The molecule has 0 radical (unpaired) electrons. The molecule has 1 saturated carbocycles. The largest absolute Gasteiger partial charge is 0.381 e. The predicted octanol–water partition coefficient (Wildman–Crippen LogP) is 2.60. The molecule has 3 nitrogen and oxygen atoms in total. The first-order chi connectivity index (χ1) is 8.90. The van der Waals surface area contributed by atoms with Gasteiger partial charge in [0, 0.05) is 25.2 Å². The summed E-state index contributed by atoms with van der Waals surface area (Å²) in [6.07, 6.45) is 7.93. The van der Waals surface area contributed by atoms with Crippen LogP contribution in [0.3, 0.4) is 0 Å². The quantitative estimate of drug-likeness (QED) is 0.723. The lowest BCUT2D eigenvalue weighted by molar-refractivity contribution is 0.0652. The van der Waals surface area contributed by atoms with Crippen molar-refractivity contribution < 1.29 is 9.47 Å². The molecule has 1 aliphatic carbocycles. The Hall–Kier alpha value is -0.120. The minimum Gasteiger partial charge on any atom is -0.381 e. The van der Waals surface area contributed by atoms with Crippen LogP contribution in [0.2, 0.25) is 0 Å². The third-order valence-electron chi connectivity index (χ3n) is 4.32. The van der Waals surface area contributed by atoms with Gasteiger partial charge in [-0.2, -0.15) is 0 Å². The van der Waals surface area contributed by atoms with Crippen molar-refractivity contribution in [2.45, 2.75) is 51.5 Å². The highest BCUT2D eigenvalue weighted by molar-refractivity contribution is 4.79. The first-order valence-electron chi connectivity index (χ1n) is 7.79. The minimum atomic E-state index is 0.494. The van der Waals surface area contributed by atoms with Crippen molar-refractivity contribution in [1.29, 1.82) is 0 Å². The van der Waals surface area contributed by atoms with Crippen molar-refractivity contribution in [3.63, 3.8) is 0 Å². The minimum absolute atomic E-state index is 0.494. The Morgan fingerprint density at radius 3 is 2.78 bits per heavy atom. The van der Waals surface area contributed by atoms with E-state index in [9.17, 15) is 0 Å². The van der Waals surface area contributed by atoms with Gasteiger partial charge in [0.05, 0.1) is 13.2 Å². The lowest BCUT2D eigenvalue weighted by atomic mass is 9.99. The summed E-state index contributed by atoms with van der Waals surface area (Å²) in [6.45, 7) is 6.98. The van der Waals surface area contributed by atoms with Gasteiger partial charge in [0.25, 0.3) is 0 Å². The second-order valence-electron chi connectivity index (χ2n) is 5.87. The molecule has 1 heterocycles. The van der Waals surface area contributed by atoms with Gasteiger partial charge in [-0.15, -0.1) is 0 Å². The molecule has 1 saturated heterocycles. The molecule has 0 bridgehead atoms. The maximum Gasteiger partial charge on any atom is 0.0623 e. The highest BCUT2D eigenvalue weighted by atomic mass is 16.5. The molecule has 18 heavy (non-hydrogen) atoms. The molecule has 3 heteroatoms. The van der Waals surface area contributed by atoms with Gasteiger partial charge in [0.15, 0.2) is 0 Å². The Kier molecular flexibility index (Phi) is 6.46. The van der Waals surface area contributed by atoms with E-state index in [0.29, 0.717) is 12.0 Å². The Balaban J connectivity index is 1.66. The maximum absolute atomic E-state index is 5.97. The van der Waals surface area contributed by atoms with E-state index in [0.717, 1.165) is 38.9 Å². The monoisotopic (exact) mass is 255 g/mol. The van der Waals surface area contributed by atoms with Crippen molar-refractivity contribution in [3.8, 4) is 0 Å². The first kappa shape index (κ1) is 14.3. The zero-order valence-corrected chi connectivity index (χ0v) is 11.8. The van der Waals surface area contributed by atoms with Crippen LogP contribution in [0, 0.1) is 11.8 Å². The van der Waals surface area contributed by atoms with Crippen LogP contribution in [0.4, 0.5) is 0 Å². The standard InChI is InChI=1S/C15H29NO2/c1-2-8-16-15(14-7-9-17-11-14)12-18-10-13-5-3-4-6-13/h13-16H,2-12H2,1H3. The van der Waals surface area contributed by atoms with Crippen LogP contribution in [0.25, 0.3) is 0 Å². The lowest BCUT2D eigenvalue weighted by Gasteiger charge is -2.24. The van der Waals surface area contributed by atoms with Crippen LogP contribution in [-0.4, -0.2) is 39.0 Å². The van der Waals surface area contributed by atoms with Crippen LogP contribution in [0.5, 0.6) is 0 Å². The molecule has 2 rings (SSSR count). The fourth-order valence-electron chi connectivity index (χ4n) is 3.10. The fraction of sp³-hybridized carbons (Fsp3) is 1.00. The number of nitrogens with one attached hydrogen (secondary N) is 1. The van der Waals surface area contributed by atoms with Crippen molar-refractivity contribution in [2.75, 3.05) is 33.0 Å². The van der Waals surface area contributed by atoms with E-state index < -0.39 is 0 Å². The summed E-state index contributed by atoms with van der Waals surface area (Å²) in [5, 5.41) is 3.63. The molecule has 0 spiro atoms. The molecule has 2 aliphatic rings. The molecule has 2 fully saturated rings. The first-order valence-corrected chi connectivity index (χ1v) is 7.79. The summed E-state index contributed by atoms with van der Waals surface area (Å²) in [5.74, 6) is 1.48. The normalized spacial score (nSPS) is 26.8. The SMILES string of the molecule is CCCNC(COCC1CCCC1)C1CCOC1. The van der Waals surface area contributed by atoms with E-state index in [4.69, 9.17) is 9.47 Å². The summed E-state index contributed by atoms with van der Waals surface area (Å²) in [6, 6.07) is 0.494. The van der Waals surface area contributed by atoms with E-state index >= 15 is 0 Å². The molecule has 0 amide bonds. The average Bonchev–Trinajstić information content (AvgIpc) is 3.05. The van der Waals surface area contributed by atoms with E-state index in [1.54, 1.807) is 0 Å². The van der Waals surface area contributed by atoms with Gasteiger partial charge in [0.2, 0.25) is 0 Å². The summed E-state index contributed by atoms with van der Waals surface area (Å²) < 4.78 is 11.5. The zero-order chi connectivity index (χ0) is 12.6. The van der Waals surface area contributed by atoms with Gasteiger partial charge in [-0.05, 0) is 38.1 Å². The van der Waals surface area contributed by atoms with Crippen molar-refractivity contribution >= 4 is 0 Å². The van der Waals surface area contributed by atoms with Crippen LogP contribution in [-0.2, 0) is 9.47 Å². The van der Waals surface area contributed by atoms with Crippen molar-refractivity contribution in [1.82, 2.24) is 5.32 Å². The summed E-state index contributed by atoms with van der Waals surface area (Å²) in [5.41, 5.74) is 0. The average molecular weight is 255 g/mol.